The van der Waals surface area contributed by atoms with Crippen molar-refractivity contribution in [2.75, 3.05) is 13.7 Å². The molecule has 0 aliphatic rings. The lowest BCUT2D eigenvalue weighted by Crippen LogP contribution is -2.42. The van der Waals surface area contributed by atoms with Gasteiger partial charge in [-0.05, 0) is 26.3 Å². The topological polar surface area (TPSA) is 72.4 Å². The summed E-state index contributed by atoms with van der Waals surface area (Å²) in [6.07, 6.45) is 2.27. The fourth-order valence-corrected chi connectivity index (χ4v) is 1.57. The fraction of sp³-hybridized carbons (Fsp3) is 0.538. The van der Waals surface area contributed by atoms with Crippen molar-refractivity contribution in [2.45, 2.75) is 33.2 Å². The molecule has 1 aromatic rings. The number of carbonyl (C=O) groups is 2. The van der Waals surface area contributed by atoms with Crippen LogP contribution < -0.4 is 0 Å². The SMILES string of the molecule is CCC(C)N(CC(=O)OC)C(=O)c1ccnc(C)n1. The molecule has 0 fully saturated rings. The molecule has 1 atom stereocenters. The second-order valence-corrected chi connectivity index (χ2v) is 4.26. The summed E-state index contributed by atoms with van der Waals surface area (Å²) in [6, 6.07) is 1.48. The van der Waals surface area contributed by atoms with Crippen molar-refractivity contribution in [3.05, 3.63) is 23.8 Å². The Balaban J connectivity index is 2.97. The van der Waals surface area contributed by atoms with Gasteiger partial charge in [-0.3, -0.25) is 9.59 Å². The van der Waals surface area contributed by atoms with E-state index in [0.717, 1.165) is 6.42 Å². The third-order valence-corrected chi connectivity index (χ3v) is 2.91. The molecule has 0 aromatic carbocycles. The second kappa shape index (κ2) is 6.82. The molecule has 0 saturated carbocycles. The molecule has 0 bridgehead atoms. The van der Waals surface area contributed by atoms with Gasteiger partial charge < -0.3 is 9.64 Å². The highest BCUT2D eigenvalue weighted by atomic mass is 16.5. The van der Waals surface area contributed by atoms with Crippen molar-refractivity contribution in [3.63, 3.8) is 0 Å². The van der Waals surface area contributed by atoms with Gasteiger partial charge >= 0.3 is 5.97 Å². The molecule has 6 heteroatoms. The molecule has 0 saturated heterocycles. The standard InChI is InChI=1S/C13H19N3O3/c1-5-9(2)16(8-12(17)19-4)13(18)11-6-7-14-10(3)15-11/h6-7,9H,5,8H2,1-4H3. The monoisotopic (exact) mass is 265 g/mol. The van der Waals surface area contributed by atoms with Crippen LogP contribution in [0.25, 0.3) is 0 Å². The van der Waals surface area contributed by atoms with Crippen molar-refractivity contribution in [1.82, 2.24) is 14.9 Å². The largest absolute Gasteiger partial charge is 0.468 e. The number of hydrogen-bond acceptors (Lipinski definition) is 5. The van der Waals surface area contributed by atoms with Crippen molar-refractivity contribution in [2.24, 2.45) is 0 Å². The molecule has 1 aromatic heterocycles. The van der Waals surface area contributed by atoms with E-state index in [4.69, 9.17) is 0 Å². The van der Waals surface area contributed by atoms with Crippen LogP contribution in [0.4, 0.5) is 0 Å². The predicted octanol–water partition coefficient (Wildman–Crippen LogP) is 1.20. The summed E-state index contributed by atoms with van der Waals surface area (Å²) in [4.78, 5) is 33.3. The summed E-state index contributed by atoms with van der Waals surface area (Å²) >= 11 is 0. The number of rotatable bonds is 5. The lowest BCUT2D eigenvalue weighted by atomic mass is 10.2. The molecule has 0 N–H and O–H groups in total. The minimum absolute atomic E-state index is 0.0677. The van der Waals surface area contributed by atoms with E-state index in [9.17, 15) is 9.59 Å². The van der Waals surface area contributed by atoms with Crippen LogP contribution >= 0.6 is 0 Å². The maximum atomic E-state index is 12.4. The molecule has 1 amide bonds. The number of hydrogen-bond donors (Lipinski definition) is 0. The third kappa shape index (κ3) is 4.01. The molecule has 6 nitrogen and oxygen atoms in total. The number of aryl methyl sites for hydroxylation is 1. The molecule has 0 spiro atoms. The molecule has 104 valence electrons. The van der Waals surface area contributed by atoms with Crippen LogP contribution in [0.2, 0.25) is 0 Å². The molecule has 1 unspecified atom stereocenters. The Morgan fingerprint density at radius 2 is 2.16 bits per heavy atom. The highest BCUT2D eigenvalue weighted by molar-refractivity contribution is 5.94. The predicted molar refractivity (Wildman–Crippen MR) is 69.6 cm³/mol. The fourth-order valence-electron chi connectivity index (χ4n) is 1.57. The van der Waals surface area contributed by atoms with Crippen LogP contribution in [0.15, 0.2) is 12.3 Å². The van der Waals surface area contributed by atoms with Gasteiger partial charge in [-0.2, -0.15) is 0 Å². The summed E-state index contributed by atoms with van der Waals surface area (Å²) in [5, 5.41) is 0. The Morgan fingerprint density at radius 3 is 2.68 bits per heavy atom. The summed E-state index contributed by atoms with van der Waals surface area (Å²) in [5.41, 5.74) is 0.289. The first-order chi connectivity index (χ1) is 8.99. The molecular formula is C13H19N3O3. The summed E-state index contributed by atoms with van der Waals surface area (Å²) in [5.74, 6) is -0.210. The van der Waals surface area contributed by atoms with E-state index in [2.05, 4.69) is 14.7 Å². The number of nitrogens with zero attached hydrogens (tertiary/aromatic N) is 3. The zero-order valence-electron chi connectivity index (χ0n) is 11.7. The highest BCUT2D eigenvalue weighted by Crippen LogP contribution is 2.09. The molecule has 0 aliphatic carbocycles. The smallest absolute Gasteiger partial charge is 0.325 e. The van der Waals surface area contributed by atoms with Gasteiger partial charge in [0.2, 0.25) is 0 Å². The number of ether oxygens (including phenoxy) is 1. The lowest BCUT2D eigenvalue weighted by Gasteiger charge is -2.27. The van der Waals surface area contributed by atoms with E-state index >= 15 is 0 Å². The summed E-state index contributed by atoms with van der Waals surface area (Å²) < 4.78 is 4.62. The van der Waals surface area contributed by atoms with Crippen molar-refractivity contribution in [3.8, 4) is 0 Å². The minimum atomic E-state index is -0.445. The maximum absolute atomic E-state index is 12.4. The van der Waals surface area contributed by atoms with Gasteiger partial charge in [0.1, 0.15) is 18.1 Å². The van der Waals surface area contributed by atoms with Gasteiger partial charge in [0.05, 0.1) is 7.11 Å². The Labute approximate surface area is 112 Å². The van der Waals surface area contributed by atoms with E-state index < -0.39 is 5.97 Å². The number of carbonyl (C=O) groups excluding carboxylic acids is 2. The van der Waals surface area contributed by atoms with E-state index in [1.54, 1.807) is 13.0 Å². The zero-order chi connectivity index (χ0) is 14.4. The summed E-state index contributed by atoms with van der Waals surface area (Å²) in [7, 11) is 1.30. The van der Waals surface area contributed by atoms with E-state index in [1.807, 2.05) is 13.8 Å². The molecule has 0 radical (unpaired) electrons. The third-order valence-electron chi connectivity index (χ3n) is 2.91. The van der Waals surface area contributed by atoms with Gasteiger partial charge in [-0.15, -0.1) is 0 Å². The Kier molecular flexibility index (Phi) is 5.41. The summed E-state index contributed by atoms with van der Waals surface area (Å²) in [6.45, 7) is 5.47. The highest BCUT2D eigenvalue weighted by Gasteiger charge is 2.24. The number of methoxy groups -OCH3 is 1. The van der Waals surface area contributed by atoms with Gasteiger partial charge in [-0.25, -0.2) is 9.97 Å². The Bertz CT molecular complexity index is 462. The average molecular weight is 265 g/mol. The van der Waals surface area contributed by atoms with Gasteiger partial charge in [0, 0.05) is 12.2 Å². The number of esters is 1. The van der Waals surface area contributed by atoms with E-state index in [-0.39, 0.29) is 24.2 Å². The molecule has 1 rings (SSSR count). The van der Waals surface area contributed by atoms with E-state index in [1.165, 1.54) is 18.2 Å². The van der Waals surface area contributed by atoms with Crippen LogP contribution in [0.1, 0.15) is 36.6 Å². The van der Waals surface area contributed by atoms with Crippen molar-refractivity contribution >= 4 is 11.9 Å². The van der Waals surface area contributed by atoms with Crippen LogP contribution in [0.5, 0.6) is 0 Å². The molecule has 19 heavy (non-hydrogen) atoms. The first-order valence-corrected chi connectivity index (χ1v) is 6.17. The van der Waals surface area contributed by atoms with Crippen molar-refractivity contribution < 1.29 is 14.3 Å². The molecule has 0 aliphatic heterocycles. The quantitative estimate of drug-likeness (QED) is 0.748. The molecule has 1 heterocycles. The maximum Gasteiger partial charge on any atom is 0.325 e. The number of aromatic nitrogens is 2. The van der Waals surface area contributed by atoms with Crippen LogP contribution in [-0.2, 0) is 9.53 Å². The van der Waals surface area contributed by atoms with Gasteiger partial charge in [-0.1, -0.05) is 6.92 Å². The Morgan fingerprint density at radius 1 is 1.47 bits per heavy atom. The zero-order valence-corrected chi connectivity index (χ0v) is 11.7. The Hall–Kier alpha value is -1.98. The molecular weight excluding hydrogens is 246 g/mol. The second-order valence-electron chi connectivity index (χ2n) is 4.26. The minimum Gasteiger partial charge on any atom is -0.468 e. The number of amides is 1. The lowest BCUT2D eigenvalue weighted by molar-refractivity contribution is -0.141. The van der Waals surface area contributed by atoms with Crippen molar-refractivity contribution in [1.29, 1.82) is 0 Å². The van der Waals surface area contributed by atoms with Gasteiger partial charge in [0.15, 0.2) is 0 Å². The van der Waals surface area contributed by atoms with Gasteiger partial charge in [0.25, 0.3) is 5.91 Å². The normalized spacial score (nSPS) is 11.8. The first kappa shape index (κ1) is 15.1. The van der Waals surface area contributed by atoms with E-state index in [0.29, 0.717) is 5.82 Å². The first-order valence-electron chi connectivity index (χ1n) is 6.17. The average Bonchev–Trinajstić information content (AvgIpc) is 2.42. The van der Waals surface area contributed by atoms with Crippen LogP contribution in [0, 0.1) is 6.92 Å². The van der Waals surface area contributed by atoms with Crippen LogP contribution in [-0.4, -0.2) is 46.4 Å². The van der Waals surface area contributed by atoms with Crippen LogP contribution in [0.3, 0.4) is 0 Å².